The topological polar surface area (TPSA) is 42.0 Å². The summed E-state index contributed by atoms with van der Waals surface area (Å²) < 4.78 is 1.04. The summed E-state index contributed by atoms with van der Waals surface area (Å²) in [5.74, 6) is 0.882. The Morgan fingerprint density at radius 3 is 3.08 bits per heavy atom. The van der Waals surface area contributed by atoms with Gasteiger partial charge in [-0.15, -0.1) is 11.3 Å². The highest BCUT2D eigenvalue weighted by atomic mass is 32.2. The van der Waals surface area contributed by atoms with Crippen LogP contribution in [-0.2, 0) is 4.79 Å². The smallest absolute Gasteiger partial charge is 0.220 e. The van der Waals surface area contributed by atoms with E-state index in [1.54, 1.807) is 30.1 Å². The quantitative estimate of drug-likeness (QED) is 0.779. The number of aromatic nitrogens is 1. The summed E-state index contributed by atoms with van der Waals surface area (Å²) in [7, 11) is 1.65. The molecule has 1 N–H and O–H groups in total. The zero-order valence-electron chi connectivity index (χ0n) is 7.66. The van der Waals surface area contributed by atoms with Crippen molar-refractivity contribution in [1.29, 1.82) is 0 Å². The number of thiazole rings is 1. The second-order valence-corrected chi connectivity index (χ2v) is 4.73. The first-order valence-electron chi connectivity index (χ1n) is 3.98. The number of amides is 1. The average molecular weight is 216 g/mol. The predicted molar refractivity (Wildman–Crippen MR) is 56.3 cm³/mol. The standard InChI is InChI=1S/C8H12N2OS2/c1-6-5-13-8(10-6)12-4-3-7(11)9-2/h5H,3-4H2,1-2H3,(H,9,11). The van der Waals surface area contributed by atoms with E-state index in [2.05, 4.69) is 10.3 Å². The largest absolute Gasteiger partial charge is 0.359 e. The van der Waals surface area contributed by atoms with Crippen LogP contribution in [0.4, 0.5) is 0 Å². The molecule has 0 atom stereocenters. The number of aryl methyl sites for hydroxylation is 1. The molecule has 0 bridgehead atoms. The van der Waals surface area contributed by atoms with Crippen molar-refractivity contribution in [2.24, 2.45) is 0 Å². The van der Waals surface area contributed by atoms with Gasteiger partial charge in [0.2, 0.25) is 5.91 Å². The number of nitrogens with one attached hydrogen (secondary N) is 1. The lowest BCUT2D eigenvalue weighted by atomic mass is 10.5. The summed E-state index contributed by atoms with van der Waals surface area (Å²) in [6.07, 6.45) is 0.555. The van der Waals surface area contributed by atoms with E-state index >= 15 is 0 Å². The van der Waals surface area contributed by atoms with Crippen LogP contribution in [0.25, 0.3) is 0 Å². The van der Waals surface area contributed by atoms with Gasteiger partial charge in [-0.05, 0) is 6.92 Å². The predicted octanol–water partition coefficient (Wildman–Crippen LogP) is 1.68. The van der Waals surface area contributed by atoms with E-state index in [-0.39, 0.29) is 5.91 Å². The van der Waals surface area contributed by atoms with E-state index in [0.717, 1.165) is 15.8 Å². The van der Waals surface area contributed by atoms with Gasteiger partial charge >= 0.3 is 0 Å². The third-order valence-electron chi connectivity index (χ3n) is 1.43. The van der Waals surface area contributed by atoms with Crippen LogP contribution in [0, 0.1) is 6.92 Å². The summed E-state index contributed by atoms with van der Waals surface area (Å²) in [6.45, 7) is 1.97. The first kappa shape index (κ1) is 10.5. The Bertz CT molecular complexity index is 285. The van der Waals surface area contributed by atoms with Gasteiger partial charge in [0.15, 0.2) is 0 Å². The Morgan fingerprint density at radius 2 is 2.54 bits per heavy atom. The number of hydrogen-bond acceptors (Lipinski definition) is 4. The molecule has 0 aliphatic carbocycles. The van der Waals surface area contributed by atoms with E-state index in [1.807, 2.05) is 12.3 Å². The maximum absolute atomic E-state index is 10.9. The first-order chi connectivity index (χ1) is 6.22. The molecule has 0 aromatic carbocycles. The summed E-state index contributed by atoms with van der Waals surface area (Å²) in [4.78, 5) is 15.1. The van der Waals surface area contributed by atoms with Gasteiger partial charge in [-0.3, -0.25) is 4.79 Å². The van der Waals surface area contributed by atoms with Gasteiger partial charge in [0.25, 0.3) is 0 Å². The third-order valence-corrected chi connectivity index (χ3v) is 3.57. The molecule has 3 nitrogen and oxygen atoms in total. The molecule has 0 unspecified atom stereocenters. The van der Waals surface area contributed by atoms with Crippen LogP contribution >= 0.6 is 23.1 Å². The van der Waals surface area contributed by atoms with E-state index in [0.29, 0.717) is 6.42 Å². The molecule has 1 amide bonds. The van der Waals surface area contributed by atoms with Crippen molar-refractivity contribution in [3.63, 3.8) is 0 Å². The summed E-state index contributed by atoms with van der Waals surface area (Å²) >= 11 is 3.26. The van der Waals surface area contributed by atoms with Crippen molar-refractivity contribution in [3.05, 3.63) is 11.1 Å². The molecule has 1 aromatic heterocycles. The number of rotatable bonds is 4. The summed E-state index contributed by atoms with van der Waals surface area (Å²) in [5.41, 5.74) is 1.05. The van der Waals surface area contributed by atoms with E-state index in [9.17, 15) is 4.79 Å². The highest BCUT2D eigenvalue weighted by Gasteiger charge is 2.01. The molecule has 0 spiro atoms. The van der Waals surface area contributed by atoms with Gasteiger partial charge in [0.1, 0.15) is 4.34 Å². The molecular formula is C8H12N2OS2. The van der Waals surface area contributed by atoms with Gasteiger partial charge < -0.3 is 5.32 Å². The maximum atomic E-state index is 10.9. The fourth-order valence-electron chi connectivity index (χ4n) is 0.755. The van der Waals surface area contributed by atoms with Crippen LogP contribution in [0.5, 0.6) is 0 Å². The molecule has 0 aliphatic rings. The lowest BCUT2D eigenvalue weighted by molar-refractivity contribution is -0.120. The second kappa shape index (κ2) is 5.24. The minimum atomic E-state index is 0.0841. The van der Waals surface area contributed by atoms with Gasteiger partial charge in [-0.1, -0.05) is 11.8 Å². The monoisotopic (exact) mass is 216 g/mol. The molecule has 1 rings (SSSR count). The number of nitrogens with zero attached hydrogens (tertiary/aromatic N) is 1. The molecule has 72 valence electrons. The maximum Gasteiger partial charge on any atom is 0.220 e. The van der Waals surface area contributed by atoms with E-state index in [1.165, 1.54) is 0 Å². The zero-order valence-corrected chi connectivity index (χ0v) is 9.30. The molecule has 5 heteroatoms. The fraction of sp³-hybridized carbons (Fsp3) is 0.500. The molecule has 0 saturated carbocycles. The van der Waals surface area contributed by atoms with Gasteiger partial charge in [-0.2, -0.15) is 0 Å². The van der Waals surface area contributed by atoms with Crippen molar-refractivity contribution in [2.45, 2.75) is 17.7 Å². The summed E-state index contributed by atoms with van der Waals surface area (Å²) in [5, 5.41) is 4.60. The normalized spacial score (nSPS) is 10.0. The third kappa shape index (κ3) is 3.78. The van der Waals surface area contributed by atoms with Crippen LogP contribution in [0.15, 0.2) is 9.72 Å². The first-order valence-corrected chi connectivity index (χ1v) is 5.84. The van der Waals surface area contributed by atoms with Gasteiger partial charge in [-0.25, -0.2) is 4.98 Å². The van der Waals surface area contributed by atoms with Crippen molar-refractivity contribution < 1.29 is 4.79 Å². The molecule has 13 heavy (non-hydrogen) atoms. The Morgan fingerprint density at radius 1 is 1.77 bits per heavy atom. The molecule has 1 heterocycles. The van der Waals surface area contributed by atoms with Crippen LogP contribution in [0.3, 0.4) is 0 Å². The van der Waals surface area contributed by atoms with Crippen LogP contribution in [-0.4, -0.2) is 23.7 Å². The highest BCUT2D eigenvalue weighted by Crippen LogP contribution is 2.22. The molecule has 1 aromatic rings. The molecule has 0 radical (unpaired) electrons. The van der Waals surface area contributed by atoms with Crippen molar-refractivity contribution in [2.75, 3.05) is 12.8 Å². The molecule has 0 aliphatic heterocycles. The minimum absolute atomic E-state index is 0.0841. The van der Waals surface area contributed by atoms with Crippen LogP contribution in [0.1, 0.15) is 12.1 Å². The fourth-order valence-corrected chi connectivity index (χ4v) is 2.61. The Hall–Kier alpha value is -0.550. The number of thioether (sulfide) groups is 1. The van der Waals surface area contributed by atoms with Crippen molar-refractivity contribution in [1.82, 2.24) is 10.3 Å². The van der Waals surface area contributed by atoms with Gasteiger partial charge in [0.05, 0.1) is 0 Å². The lowest BCUT2D eigenvalue weighted by Gasteiger charge is -1.96. The number of carbonyl (C=O) groups is 1. The number of hydrogen-bond donors (Lipinski definition) is 1. The average Bonchev–Trinajstić information content (AvgIpc) is 2.51. The minimum Gasteiger partial charge on any atom is -0.359 e. The Balaban J connectivity index is 2.24. The SMILES string of the molecule is CNC(=O)CCSc1nc(C)cs1. The number of carbonyl (C=O) groups excluding carboxylic acids is 1. The molecule has 0 saturated heterocycles. The van der Waals surface area contributed by atoms with Crippen LogP contribution in [0.2, 0.25) is 0 Å². The van der Waals surface area contributed by atoms with Crippen molar-refractivity contribution in [3.8, 4) is 0 Å². The van der Waals surface area contributed by atoms with Crippen LogP contribution < -0.4 is 5.32 Å². The highest BCUT2D eigenvalue weighted by molar-refractivity contribution is 8.01. The zero-order chi connectivity index (χ0) is 9.68. The summed E-state index contributed by atoms with van der Waals surface area (Å²) in [6, 6.07) is 0. The second-order valence-electron chi connectivity index (χ2n) is 2.53. The van der Waals surface area contributed by atoms with Gasteiger partial charge in [0, 0.05) is 30.3 Å². The Kier molecular flexibility index (Phi) is 4.24. The van der Waals surface area contributed by atoms with E-state index < -0.39 is 0 Å². The van der Waals surface area contributed by atoms with Crippen molar-refractivity contribution >= 4 is 29.0 Å². The molecule has 0 fully saturated rings. The van der Waals surface area contributed by atoms with E-state index in [4.69, 9.17) is 0 Å². The molecular weight excluding hydrogens is 204 g/mol. The lowest BCUT2D eigenvalue weighted by Crippen LogP contribution is -2.17. The Labute approximate surface area is 86.0 Å².